The Balaban J connectivity index is 1.44. The Morgan fingerprint density at radius 2 is 1.76 bits per heavy atom. The number of para-hydroxylation sites is 2. The van der Waals surface area contributed by atoms with Gasteiger partial charge in [0.25, 0.3) is 5.91 Å². The van der Waals surface area contributed by atoms with Crippen LogP contribution < -0.4 is 16.0 Å². The summed E-state index contributed by atoms with van der Waals surface area (Å²) < 4.78 is 40.2. The number of halogens is 3. The molecule has 1 saturated heterocycles. The second kappa shape index (κ2) is 9.25. The number of hydrogen-bond acceptors (Lipinski definition) is 4. The normalized spacial score (nSPS) is 18.7. The second-order valence-electron chi connectivity index (χ2n) is 9.65. The molecule has 0 radical (unpaired) electrons. The summed E-state index contributed by atoms with van der Waals surface area (Å²) >= 11 is 0. The number of rotatable bonds is 7. The van der Waals surface area contributed by atoms with Gasteiger partial charge in [-0.25, -0.2) is 0 Å². The number of likely N-dealkylation sites (tertiary alicyclic amines) is 1. The van der Waals surface area contributed by atoms with Gasteiger partial charge in [0.05, 0.1) is 11.4 Å². The summed E-state index contributed by atoms with van der Waals surface area (Å²) in [6.07, 6.45) is -0.434. The molecule has 3 N–H and O–H groups in total. The first-order valence-corrected chi connectivity index (χ1v) is 11.4. The molecule has 0 bridgehead atoms. The SMILES string of the molecule is CC1(CN2CCC(N(CC(F)(F)F)c3ccc(C(=O)Nc4ccccc4N)cc3)CC2)CC1. The standard InChI is InChI=1S/C25H31F3N4O/c1-24(12-13-24)16-31-14-10-20(11-15-31)32(17-25(26,27)28)19-8-6-18(7-9-19)23(33)30-22-5-3-2-4-21(22)29/h2-9,20H,10-17,29H2,1H3,(H,30,33). The fourth-order valence-corrected chi connectivity index (χ4v) is 4.53. The molecule has 1 heterocycles. The molecule has 0 unspecified atom stereocenters. The lowest BCUT2D eigenvalue weighted by atomic mass is 10.00. The summed E-state index contributed by atoms with van der Waals surface area (Å²) in [5, 5.41) is 2.74. The van der Waals surface area contributed by atoms with Crippen LogP contribution in [0.5, 0.6) is 0 Å². The molecule has 4 rings (SSSR count). The number of alkyl halides is 3. The Labute approximate surface area is 192 Å². The number of nitrogens with zero attached hydrogens (tertiary/aromatic N) is 2. The van der Waals surface area contributed by atoms with Crippen LogP contribution in [0.1, 0.15) is 43.0 Å². The van der Waals surface area contributed by atoms with Crippen LogP contribution in [0.2, 0.25) is 0 Å². The lowest BCUT2D eigenvalue weighted by molar-refractivity contribution is -0.121. The molecular formula is C25H31F3N4O. The van der Waals surface area contributed by atoms with Gasteiger partial charge in [-0.05, 0) is 67.5 Å². The van der Waals surface area contributed by atoms with E-state index in [-0.39, 0.29) is 11.9 Å². The van der Waals surface area contributed by atoms with Gasteiger partial charge >= 0.3 is 6.18 Å². The Hall–Kier alpha value is -2.74. The molecule has 5 nitrogen and oxygen atoms in total. The summed E-state index contributed by atoms with van der Waals surface area (Å²) in [5.41, 5.74) is 8.06. The number of carbonyl (C=O) groups excluding carboxylic acids is 1. The zero-order valence-corrected chi connectivity index (χ0v) is 18.9. The maximum absolute atomic E-state index is 13.4. The number of amides is 1. The van der Waals surface area contributed by atoms with Crippen molar-refractivity contribution in [1.82, 2.24) is 4.90 Å². The fraction of sp³-hybridized carbons (Fsp3) is 0.480. The van der Waals surface area contributed by atoms with Crippen LogP contribution in [0.3, 0.4) is 0 Å². The lowest BCUT2D eigenvalue weighted by Gasteiger charge is -2.40. The highest BCUT2D eigenvalue weighted by atomic mass is 19.4. The molecule has 2 aliphatic rings. The van der Waals surface area contributed by atoms with E-state index in [1.54, 1.807) is 48.5 Å². The molecule has 1 aliphatic carbocycles. The first kappa shape index (κ1) is 23.4. The number of hydrogen-bond donors (Lipinski definition) is 2. The largest absolute Gasteiger partial charge is 0.405 e. The van der Waals surface area contributed by atoms with Gasteiger partial charge in [0.2, 0.25) is 0 Å². The molecule has 0 aromatic heterocycles. The van der Waals surface area contributed by atoms with Crippen LogP contribution in [-0.4, -0.2) is 49.2 Å². The fourth-order valence-electron chi connectivity index (χ4n) is 4.53. The van der Waals surface area contributed by atoms with Crippen LogP contribution in [0.4, 0.5) is 30.2 Å². The third kappa shape index (κ3) is 6.19. The Bertz CT molecular complexity index is 964. The molecule has 0 atom stereocenters. The summed E-state index contributed by atoms with van der Waals surface area (Å²) in [7, 11) is 0. The minimum atomic E-state index is -4.31. The van der Waals surface area contributed by atoms with Gasteiger partial charge in [0.15, 0.2) is 0 Å². The molecule has 1 aliphatic heterocycles. The summed E-state index contributed by atoms with van der Waals surface area (Å²) in [6.45, 7) is 3.94. The highest BCUT2D eigenvalue weighted by Gasteiger charge is 2.40. The number of anilines is 3. The molecule has 0 spiro atoms. The average Bonchev–Trinajstić information content (AvgIpc) is 3.50. The minimum Gasteiger partial charge on any atom is -0.397 e. The van der Waals surface area contributed by atoms with E-state index >= 15 is 0 Å². The topological polar surface area (TPSA) is 61.6 Å². The first-order chi connectivity index (χ1) is 15.6. The number of nitrogen functional groups attached to an aromatic ring is 1. The molecular weight excluding hydrogens is 429 g/mol. The number of piperidine rings is 1. The van der Waals surface area contributed by atoms with E-state index in [2.05, 4.69) is 17.1 Å². The number of benzene rings is 2. The first-order valence-electron chi connectivity index (χ1n) is 11.4. The van der Waals surface area contributed by atoms with Crippen molar-refractivity contribution < 1.29 is 18.0 Å². The van der Waals surface area contributed by atoms with Gasteiger partial charge in [-0.2, -0.15) is 13.2 Å². The van der Waals surface area contributed by atoms with Crippen molar-refractivity contribution in [3.8, 4) is 0 Å². The average molecular weight is 461 g/mol. The lowest BCUT2D eigenvalue weighted by Crippen LogP contribution is -2.49. The molecule has 1 saturated carbocycles. The Morgan fingerprint density at radius 3 is 2.33 bits per heavy atom. The van der Waals surface area contributed by atoms with Crippen LogP contribution in [-0.2, 0) is 0 Å². The van der Waals surface area contributed by atoms with Gasteiger partial charge in [0.1, 0.15) is 6.54 Å². The third-order valence-corrected chi connectivity index (χ3v) is 6.73. The third-order valence-electron chi connectivity index (χ3n) is 6.73. The van der Waals surface area contributed by atoms with Crippen molar-refractivity contribution in [2.24, 2.45) is 5.41 Å². The second-order valence-corrected chi connectivity index (χ2v) is 9.65. The van der Waals surface area contributed by atoms with Crippen LogP contribution in [0, 0.1) is 5.41 Å². The molecule has 8 heteroatoms. The highest BCUT2D eigenvalue weighted by Crippen LogP contribution is 2.46. The van der Waals surface area contributed by atoms with E-state index in [0.29, 0.717) is 40.9 Å². The van der Waals surface area contributed by atoms with Crippen LogP contribution in [0.15, 0.2) is 48.5 Å². The van der Waals surface area contributed by atoms with E-state index in [1.807, 2.05) is 0 Å². The Kier molecular flexibility index (Phi) is 6.56. The van der Waals surface area contributed by atoms with Crippen molar-refractivity contribution in [2.75, 3.05) is 42.1 Å². The maximum Gasteiger partial charge on any atom is 0.405 e. The van der Waals surface area contributed by atoms with Crippen molar-refractivity contribution >= 4 is 23.0 Å². The van der Waals surface area contributed by atoms with Crippen molar-refractivity contribution in [2.45, 2.75) is 44.8 Å². The number of carbonyl (C=O) groups is 1. The predicted molar refractivity (Wildman–Crippen MR) is 125 cm³/mol. The summed E-state index contributed by atoms with van der Waals surface area (Å²) in [6, 6.07) is 13.1. The number of nitrogens with one attached hydrogen (secondary N) is 1. The van der Waals surface area contributed by atoms with E-state index < -0.39 is 12.7 Å². The van der Waals surface area contributed by atoms with E-state index in [4.69, 9.17) is 5.73 Å². The smallest absolute Gasteiger partial charge is 0.397 e. The van der Waals surface area contributed by atoms with Gasteiger partial charge in [-0.15, -0.1) is 0 Å². The van der Waals surface area contributed by atoms with Gasteiger partial charge < -0.3 is 20.9 Å². The van der Waals surface area contributed by atoms with E-state index in [0.717, 1.165) is 19.6 Å². The Morgan fingerprint density at radius 1 is 1.12 bits per heavy atom. The van der Waals surface area contributed by atoms with Crippen LogP contribution >= 0.6 is 0 Å². The quantitative estimate of drug-likeness (QED) is 0.561. The van der Waals surface area contributed by atoms with Gasteiger partial charge in [-0.3, -0.25) is 4.79 Å². The molecule has 2 fully saturated rings. The van der Waals surface area contributed by atoms with Gasteiger partial charge in [-0.1, -0.05) is 19.1 Å². The summed E-state index contributed by atoms with van der Waals surface area (Å²) in [4.78, 5) is 16.4. The zero-order chi connectivity index (χ0) is 23.6. The van der Waals surface area contributed by atoms with E-state index in [9.17, 15) is 18.0 Å². The predicted octanol–water partition coefficient (Wildman–Crippen LogP) is 5.15. The molecule has 33 heavy (non-hydrogen) atoms. The van der Waals surface area contributed by atoms with Crippen LogP contribution in [0.25, 0.3) is 0 Å². The van der Waals surface area contributed by atoms with Crippen molar-refractivity contribution in [1.29, 1.82) is 0 Å². The highest BCUT2D eigenvalue weighted by molar-refractivity contribution is 6.05. The maximum atomic E-state index is 13.4. The zero-order valence-electron chi connectivity index (χ0n) is 18.9. The molecule has 2 aromatic rings. The number of nitrogens with two attached hydrogens (primary N) is 1. The minimum absolute atomic E-state index is 0.182. The molecule has 1 amide bonds. The van der Waals surface area contributed by atoms with Crippen molar-refractivity contribution in [3.05, 3.63) is 54.1 Å². The van der Waals surface area contributed by atoms with E-state index in [1.165, 1.54) is 17.7 Å². The molecule has 2 aromatic carbocycles. The summed E-state index contributed by atoms with van der Waals surface area (Å²) in [5.74, 6) is -0.358. The van der Waals surface area contributed by atoms with Crippen molar-refractivity contribution in [3.63, 3.8) is 0 Å². The molecule has 178 valence electrons. The monoisotopic (exact) mass is 460 g/mol. The van der Waals surface area contributed by atoms with Gasteiger partial charge in [0, 0.05) is 36.9 Å².